The number of anilines is 1. The lowest BCUT2D eigenvalue weighted by Crippen LogP contribution is -2.15. The number of benzene rings is 2. The van der Waals surface area contributed by atoms with Crippen molar-refractivity contribution in [3.63, 3.8) is 0 Å². The fourth-order valence-electron chi connectivity index (χ4n) is 2.75. The molecule has 1 atom stereocenters. The summed E-state index contributed by atoms with van der Waals surface area (Å²) in [6, 6.07) is 15.5. The lowest BCUT2D eigenvalue weighted by atomic mass is 9.99. The molecule has 21 heavy (non-hydrogen) atoms. The second-order valence-corrected chi connectivity index (χ2v) is 5.25. The van der Waals surface area contributed by atoms with Gasteiger partial charge in [-0.15, -0.1) is 0 Å². The molecule has 0 radical (unpaired) electrons. The minimum absolute atomic E-state index is 0.195. The number of aromatic carboxylic acids is 1. The SMILES string of the molecule is O=C(O)c1cccc(NC2CCNCc3ccccc32)c1. The number of nitrogens with one attached hydrogen (secondary N) is 2. The summed E-state index contributed by atoms with van der Waals surface area (Å²) in [6.45, 7) is 1.81. The Balaban J connectivity index is 1.87. The van der Waals surface area contributed by atoms with Crippen LogP contribution in [0.5, 0.6) is 0 Å². The van der Waals surface area contributed by atoms with Crippen molar-refractivity contribution in [2.45, 2.75) is 19.0 Å². The number of fused-ring (bicyclic) bond motifs is 1. The highest BCUT2D eigenvalue weighted by Gasteiger charge is 2.18. The molecular formula is C17H18N2O2. The Kier molecular flexibility index (Phi) is 3.88. The Morgan fingerprint density at radius 3 is 2.90 bits per heavy atom. The van der Waals surface area contributed by atoms with Crippen molar-refractivity contribution in [2.24, 2.45) is 0 Å². The minimum atomic E-state index is -0.901. The molecule has 0 saturated heterocycles. The maximum atomic E-state index is 11.1. The van der Waals surface area contributed by atoms with E-state index in [9.17, 15) is 4.79 Å². The van der Waals surface area contributed by atoms with E-state index in [0.717, 1.165) is 25.2 Å². The Morgan fingerprint density at radius 2 is 2.05 bits per heavy atom. The highest BCUT2D eigenvalue weighted by Crippen LogP contribution is 2.27. The molecule has 2 aromatic carbocycles. The van der Waals surface area contributed by atoms with E-state index in [4.69, 9.17) is 5.11 Å². The second-order valence-electron chi connectivity index (χ2n) is 5.25. The fraction of sp³-hybridized carbons (Fsp3) is 0.235. The number of carboxylic acids is 1. The molecule has 0 bridgehead atoms. The number of hydrogen-bond donors (Lipinski definition) is 3. The van der Waals surface area contributed by atoms with E-state index in [2.05, 4.69) is 22.8 Å². The van der Waals surface area contributed by atoms with Crippen molar-refractivity contribution in [1.82, 2.24) is 5.32 Å². The Morgan fingerprint density at radius 1 is 1.19 bits per heavy atom. The van der Waals surface area contributed by atoms with Gasteiger partial charge in [0.2, 0.25) is 0 Å². The van der Waals surface area contributed by atoms with E-state index in [1.165, 1.54) is 11.1 Å². The van der Waals surface area contributed by atoms with Gasteiger partial charge in [0.1, 0.15) is 0 Å². The average Bonchev–Trinajstić information content (AvgIpc) is 2.70. The van der Waals surface area contributed by atoms with Gasteiger partial charge in [-0.1, -0.05) is 30.3 Å². The van der Waals surface area contributed by atoms with Crippen LogP contribution in [0.15, 0.2) is 48.5 Å². The lowest BCUT2D eigenvalue weighted by molar-refractivity contribution is 0.0697. The van der Waals surface area contributed by atoms with Crippen LogP contribution in [0.2, 0.25) is 0 Å². The molecular weight excluding hydrogens is 264 g/mol. The third-order valence-electron chi connectivity index (χ3n) is 3.81. The van der Waals surface area contributed by atoms with Crippen molar-refractivity contribution in [2.75, 3.05) is 11.9 Å². The van der Waals surface area contributed by atoms with Gasteiger partial charge in [-0.2, -0.15) is 0 Å². The molecule has 3 rings (SSSR count). The summed E-state index contributed by atoms with van der Waals surface area (Å²) in [5, 5.41) is 16.0. The van der Waals surface area contributed by atoms with Crippen LogP contribution in [0.1, 0.15) is 33.9 Å². The molecule has 0 aliphatic carbocycles. The predicted molar refractivity (Wildman–Crippen MR) is 82.5 cm³/mol. The monoisotopic (exact) mass is 282 g/mol. The Labute approximate surface area is 123 Å². The van der Waals surface area contributed by atoms with Crippen molar-refractivity contribution in [3.05, 3.63) is 65.2 Å². The molecule has 4 nitrogen and oxygen atoms in total. The van der Waals surface area contributed by atoms with Crippen LogP contribution in [0.4, 0.5) is 5.69 Å². The maximum Gasteiger partial charge on any atom is 0.335 e. The van der Waals surface area contributed by atoms with E-state index in [0.29, 0.717) is 5.56 Å². The molecule has 4 heteroatoms. The molecule has 1 unspecified atom stereocenters. The zero-order chi connectivity index (χ0) is 14.7. The standard InChI is InChI=1S/C17H18N2O2/c20-17(21)12-5-3-6-14(10-12)19-16-8-9-18-11-13-4-1-2-7-15(13)16/h1-7,10,16,18-19H,8-9,11H2,(H,20,21). The Bertz CT molecular complexity index is 655. The molecule has 2 aromatic rings. The van der Waals surface area contributed by atoms with E-state index in [1.807, 2.05) is 18.2 Å². The molecule has 0 fully saturated rings. The van der Waals surface area contributed by atoms with E-state index < -0.39 is 5.97 Å². The third-order valence-corrected chi connectivity index (χ3v) is 3.81. The molecule has 0 saturated carbocycles. The highest BCUT2D eigenvalue weighted by atomic mass is 16.4. The van der Waals surface area contributed by atoms with Gasteiger partial charge < -0.3 is 15.7 Å². The first kappa shape index (κ1) is 13.6. The van der Waals surface area contributed by atoms with Crippen molar-refractivity contribution >= 4 is 11.7 Å². The quantitative estimate of drug-likeness (QED) is 0.810. The summed E-state index contributed by atoms with van der Waals surface area (Å²) in [7, 11) is 0. The first-order valence-electron chi connectivity index (χ1n) is 7.12. The van der Waals surface area contributed by atoms with Gasteiger partial charge in [-0.05, 0) is 42.3 Å². The van der Waals surface area contributed by atoms with E-state index in [-0.39, 0.29) is 6.04 Å². The zero-order valence-corrected chi connectivity index (χ0v) is 11.7. The maximum absolute atomic E-state index is 11.1. The van der Waals surface area contributed by atoms with E-state index in [1.54, 1.807) is 18.2 Å². The number of carbonyl (C=O) groups is 1. The zero-order valence-electron chi connectivity index (χ0n) is 11.7. The summed E-state index contributed by atoms with van der Waals surface area (Å²) in [5.41, 5.74) is 3.72. The van der Waals surface area contributed by atoms with E-state index >= 15 is 0 Å². The number of rotatable bonds is 3. The van der Waals surface area contributed by atoms with Crippen LogP contribution in [0.3, 0.4) is 0 Å². The molecule has 0 spiro atoms. The van der Waals surface area contributed by atoms with Gasteiger partial charge in [0, 0.05) is 12.2 Å². The summed E-state index contributed by atoms with van der Waals surface area (Å²) < 4.78 is 0. The smallest absolute Gasteiger partial charge is 0.335 e. The van der Waals surface area contributed by atoms with Crippen LogP contribution in [0, 0.1) is 0 Å². The van der Waals surface area contributed by atoms with Crippen LogP contribution in [0.25, 0.3) is 0 Å². The first-order chi connectivity index (χ1) is 10.2. The molecule has 3 N–H and O–H groups in total. The van der Waals surface area contributed by atoms with Crippen LogP contribution in [-0.2, 0) is 6.54 Å². The third kappa shape index (κ3) is 3.06. The summed E-state index contributed by atoms with van der Waals surface area (Å²) in [6.07, 6.45) is 0.967. The van der Waals surface area contributed by atoms with Crippen molar-refractivity contribution in [1.29, 1.82) is 0 Å². The predicted octanol–water partition coefficient (Wildman–Crippen LogP) is 3.03. The van der Waals surface area contributed by atoms with Crippen molar-refractivity contribution < 1.29 is 9.90 Å². The molecule has 0 aromatic heterocycles. The van der Waals surface area contributed by atoms with Crippen molar-refractivity contribution in [3.8, 4) is 0 Å². The van der Waals surface area contributed by atoms with Crippen LogP contribution < -0.4 is 10.6 Å². The molecule has 1 aliphatic rings. The highest BCUT2D eigenvalue weighted by molar-refractivity contribution is 5.88. The largest absolute Gasteiger partial charge is 0.478 e. The van der Waals surface area contributed by atoms with Gasteiger partial charge in [-0.3, -0.25) is 0 Å². The lowest BCUT2D eigenvalue weighted by Gasteiger charge is -2.20. The van der Waals surface area contributed by atoms with Gasteiger partial charge in [0.05, 0.1) is 11.6 Å². The summed E-state index contributed by atoms with van der Waals surface area (Å²) in [5.74, 6) is -0.901. The fourth-order valence-corrected chi connectivity index (χ4v) is 2.75. The molecule has 1 aliphatic heterocycles. The summed E-state index contributed by atoms with van der Waals surface area (Å²) in [4.78, 5) is 11.1. The molecule has 1 heterocycles. The summed E-state index contributed by atoms with van der Waals surface area (Å²) >= 11 is 0. The topological polar surface area (TPSA) is 61.4 Å². The van der Waals surface area contributed by atoms with Crippen LogP contribution in [-0.4, -0.2) is 17.6 Å². The van der Waals surface area contributed by atoms with Crippen LogP contribution >= 0.6 is 0 Å². The van der Waals surface area contributed by atoms with Gasteiger partial charge >= 0.3 is 5.97 Å². The number of hydrogen-bond acceptors (Lipinski definition) is 3. The molecule has 0 amide bonds. The average molecular weight is 282 g/mol. The minimum Gasteiger partial charge on any atom is -0.478 e. The van der Waals surface area contributed by atoms with Gasteiger partial charge in [0.15, 0.2) is 0 Å². The van der Waals surface area contributed by atoms with Gasteiger partial charge in [0.25, 0.3) is 0 Å². The normalized spacial score (nSPS) is 17.6. The first-order valence-corrected chi connectivity index (χ1v) is 7.12. The van der Waals surface area contributed by atoms with Gasteiger partial charge in [-0.25, -0.2) is 4.79 Å². The number of carboxylic acid groups (broad SMARTS) is 1. The molecule has 108 valence electrons. The Hall–Kier alpha value is -2.33. The second kappa shape index (κ2) is 5.97.